The van der Waals surface area contributed by atoms with Crippen molar-refractivity contribution in [1.29, 1.82) is 0 Å². The van der Waals surface area contributed by atoms with Crippen LogP contribution in [0.25, 0.3) is 0 Å². The van der Waals surface area contributed by atoms with Crippen LogP contribution in [0.2, 0.25) is 0 Å². The molecule has 0 aromatic carbocycles. The van der Waals surface area contributed by atoms with Gasteiger partial charge in [-0.05, 0) is 31.9 Å². The third-order valence-electron chi connectivity index (χ3n) is 5.33. The van der Waals surface area contributed by atoms with Crippen LogP contribution in [0.5, 0.6) is 0 Å². The van der Waals surface area contributed by atoms with Gasteiger partial charge in [0, 0.05) is 62.3 Å². The van der Waals surface area contributed by atoms with Gasteiger partial charge in [0.2, 0.25) is 0 Å². The Labute approximate surface area is 141 Å². The average Bonchev–Trinajstić information content (AvgIpc) is 3.02. The molecule has 0 spiro atoms. The molecule has 24 heavy (non-hydrogen) atoms. The number of H-pyrrole nitrogens is 1. The zero-order chi connectivity index (χ0) is 16.5. The number of aromatic amines is 1. The molecule has 0 unspecified atom stereocenters. The minimum absolute atomic E-state index is 0.105. The van der Waals surface area contributed by atoms with Gasteiger partial charge >= 0.3 is 0 Å². The smallest absolute Gasteiger partial charge is 0.255 e. The molecule has 6 heteroatoms. The first-order valence-electron chi connectivity index (χ1n) is 8.68. The lowest BCUT2D eigenvalue weighted by Crippen LogP contribution is -2.48. The Balaban J connectivity index is 1.37. The van der Waals surface area contributed by atoms with E-state index in [2.05, 4.69) is 27.0 Å². The predicted molar refractivity (Wildman–Crippen MR) is 90.6 cm³/mol. The quantitative estimate of drug-likeness (QED) is 0.914. The molecule has 1 N–H and O–H groups in total. The highest BCUT2D eigenvalue weighted by Gasteiger charge is 2.30. The number of piperidine rings is 1. The van der Waals surface area contributed by atoms with Crippen LogP contribution in [0.3, 0.4) is 0 Å². The van der Waals surface area contributed by atoms with E-state index in [1.807, 2.05) is 17.0 Å². The largest absolute Gasteiger partial charge is 0.338 e. The first-order chi connectivity index (χ1) is 11.7. The number of aryl methyl sites for hydroxylation is 1. The van der Waals surface area contributed by atoms with Gasteiger partial charge in [-0.3, -0.25) is 19.8 Å². The minimum Gasteiger partial charge on any atom is -0.338 e. The van der Waals surface area contributed by atoms with Crippen molar-refractivity contribution >= 4 is 5.91 Å². The van der Waals surface area contributed by atoms with E-state index in [1.165, 1.54) is 17.0 Å². The topological polar surface area (TPSA) is 65.1 Å². The van der Waals surface area contributed by atoms with Crippen LogP contribution < -0.4 is 0 Å². The van der Waals surface area contributed by atoms with Crippen LogP contribution >= 0.6 is 0 Å². The lowest BCUT2D eigenvalue weighted by atomic mass is 9.98. The summed E-state index contributed by atoms with van der Waals surface area (Å²) in [5.74, 6) is 0.105. The number of nitrogens with zero attached hydrogens (tertiary/aromatic N) is 4. The molecule has 4 rings (SSSR count). The minimum atomic E-state index is 0.105. The van der Waals surface area contributed by atoms with Crippen LogP contribution in [-0.2, 0) is 13.0 Å². The number of amides is 1. The lowest BCUT2D eigenvalue weighted by molar-refractivity contribution is 0.0598. The molecule has 1 fully saturated rings. The average molecular weight is 325 g/mol. The summed E-state index contributed by atoms with van der Waals surface area (Å²) in [6.45, 7) is 5.81. The molecule has 126 valence electrons. The maximum atomic E-state index is 12.5. The normalized spacial score (nSPS) is 19.3. The Hall–Kier alpha value is -2.21. The lowest BCUT2D eigenvalue weighted by Gasteiger charge is -2.40. The van der Waals surface area contributed by atoms with Gasteiger partial charge < -0.3 is 4.90 Å². The fourth-order valence-corrected chi connectivity index (χ4v) is 3.87. The SMILES string of the molecule is Cc1[nH]nc2c1CN(C1CCN(C(=O)c3cccnc3)CC1)CC2. The molecule has 2 aliphatic heterocycles. The number of fused-ring (bicyclic) bond motifs is 1. The second kappa shape index (κ2) is 6.36. The van der Waals surface area contributed by atoms with Crippen molar-refractivity contribution in [1.82, 2.24) is 25.0 Å². The van der Waals surface area contributed by atoms with Crippen molar-refractivity contribution in [3.63, 3.8) is 0 Å². The summed E-state index contributed by atoms with van der Waals surface area (Å²) in [5, 5.41) is 7.50. The molecule has 2 aromatic heterocycles. The van der Waals surface area contributed by atoms with Gasteiger partial charge in [-0.15, -0.1) is 0 Å². The van der Waals surface area contributed by atoms with Gasteiger partial charge in [0.05, 0.1) is 11.3 Å². The van der Waals surface area contributed by atoms with E-state index in [1.54, 1.807) is 12.4 Å². The molecule has 0 bridgehead atoms. The Kier molecular flexibility index (Phi) is 4.06. The molecule has 1 saturated heterocycles. The Morgan fingerprint density at radius 2 is 2.12 bits per heavy atom. The molecular formula is C18H23N5O. The zero-order valence-corrected chi connectivity index (χ0v) is 14.0. The van der Waals surface area contributed by atoms with Crippen LogP contribution in [0.15, 0.2) is 24.5 Å². The fraction of sp³-hybridized carbons (Fsp3) is 0.500. The van der Waals surface area contributed by atoms with Crippen molar-refractivity contribution in [2.75, 3.05) is 19.6 Å². The monoisotopic (exact) mass is 325 g/mol. The van der Waals surface area contributed by atoms with Gasteiger partial charge in [-0.2, -0.15) is 5.10 Å². The Bertz CT molecular complexity index is 718. The maximum Gasteiger partial charge on any atom is 0.255 e. The number of carbonyl (C=O) groups is 1. The van der Waals surface area contributed by atoms with E-state index < -0.39 is 0 Å². The summed E-state index contributed by atoms with van der Waals surface area (Å²) >= 11 is 0. The second-order valence-corrected chi connectivity index (χ2v) is 6.76. The second-order valence-electron chi connectivity index (χ2n) is 6.76. The van der Waals surface area contributed by atoms with E-state index in [0.29, 0.717) is 11.6 Å². The van der Waals surface area contributed by atoms with Crippen LogP contribution in [0, 0.1) is 6.92 Å². The third kappa shape index (κ3) is 2.82. The molecular weight excluding hydrogens is 302 g/mol. The van der Waals surface area contributed by atoms with Gasteiger partial charge in [-0.25, -0.2) is 0 Å². The number of aromatic nitrogens is 3. The number of hydrogen-bond donors (Lipinski definition) is 1. The number of pyridine rings is 1. The van der Waals surface area contributed by atoms with Gasteiger partial charge in [0.25, 0.3) is 5.91 Å². The number of nitrogens with one attached hydrogen (secondary N) is 1. The summed E-state index contributed by atoms with van der Waals surface area (Å²) in [5.41, 5.74) is 4.48. The van der Waals surface area contributed by atoms with Gasteiger partial charge in [-0.1, -0.05) is 0 Å². The molecule has 0 saturated carbocycles. The first-order valence-corrected chi connectivity index (χ1v) is 8.68. The summed E-state index contributed by atoms with van der Waals surface area (Å²) in [6, 6.07) is 4.22. The van der Waals surface area contributed by atoms with Gasteiger partial charge in [0.15, 0.2) is 0 Å². The highest BCUT2D eigenvalue weighted by atomic mass is 16.2. The van der Waals surface area contributed by atoms with Gasteiger partial charge in [0.1, 0.15) is 0 Å². The van der Waals surface area contributed by atoms with Crippen molar-refractivity contribution in [2.45, 2.75) is 38.8 Å². The molecule has 0 atom stereocenters. The van der Waals surface area contributed by atoms with Crippen LogP contribution in [0.4, 0.5) is 0 Å². The van der Waals surface area contributed by atoms with E-state index in [-0.39, 0.29) is 5.91 Å². The highest BCUT2D eigenvalue weighted by Crippen LogP contribution is 2.26. The molecule has 4 heterocycles. The fourth-order valence-electron chi connectivity index (χ4n) is 3.87. The molecule has 6 nitrogen and oxygen atoms in total. The first kappa shape index (κ1) is 15.3. The van der Waals surface area contributed by atoms with Crippen molar-refractivity contribution in [3.05, 3.63) is 47.0 Å². The number of likely N-dealkylation sites (tertiary alicyclic amines) is 1. The van der Waals surface area contributed by atoms with Crippen LogP contribution in [-0.4, -0.2) is 56.6 Å². The predicted octanol–water partition coefficient (Wildman–Crippen LogP) is 1.78. The third-order valence-corrected chi connectivity index (χ3v) is 5.33. The number of hydrogen-bond acceptors (Lipinski definition) is 4. The van der Waals surface area contributed by atoms with Crippen molar-refractivity contribution in [3.8, 4) is 0 Å². The highest BCUT2D eigenvalue weighted by molar-refractivity contribution is 5.93. The Morgan fingerprint density at radius 3 is 2.88 bits per heavy atom. The standard InChI is InChI=1S/C18H23N5O/c1-13-16-12-23(10-6-17(16)21-20-13)15-4-8-22(9-5-15)18(24)14-3-2-7-19-11-14/h2-3,7,11,15H,4-6,8-10,12H2,1H3,(H,20,21). The van der Waals surface area contributed by atoms with E-state index in [0.717, 1.165) is 45.4 Å². The Morgan fingerprint density at radius 1 is 1.29 bits per heavy atom. The number of rotatable bonds is 2. The van der Waals surface area contributed by atoms with E-state index in [9.17, 15) is 4.79 Å². The van der Waals surface area contributed by atoms with E-state index in [4.69, 9.17) is 0 Å². The summed E-state index contributed by atoms with van der Waals surface area (Å²) in [4.78, 5) is 21.1. The van der Waals surface area contributed by atoms with Crippen LogP contribution in [0.1, 0.15) is 40.2 Å². The molecule has 1 amide bonds. The van der Waals surface area contributed by atoms with Crippen molar-refractivity contribution in [2.24, 2.45) is 0 Å². The summed E-state index contributed by atoms with van der Waals surface area (Å²) < 4.78 is 0. The maximum absolute atomic E-state index is 12.5. The van der Waals surface area contributed by atoms with Crippen molar-refractivity contribution < 1.29 is 4.79 Å². The number of carbonyl (C=O) groups excluding carboxylic acids is 1. The molecule has 0 aliphatic carbocycles. The van der Waals surface area contributed by atoms with E-state index >= 15 is 0 Å². The summed E-state index contributed by atoms with van der Waals surface area (Å²) in [6.07, 6.45) is 6.46. The molecule has 2 aromatic rings. The zero-order valence-electron chi connectivity index (χ0n) is 14.0. The summed E-state index contributed by atoms with van der Waals surface area (Å²) in [7, 11) is 0. The molecule has 2 aliphatic rings. The molecule has 0 radical (unpaired) electrons.